The van der Waals surface area contributed by atoms with Crippen LogP contribution in [-0.2, 0) is 57.7 Å². The summed E-state index contributed by atoms with van der Waals surface area (Å²) in [6.07, 6.45) is -3.98. The van der Waals surface area contributed by atoms with Crippen LogP contribution in [-0.4, -0.2) is 102 Å². The maximum Gasteiger partial charge on any atom is 0.508 e. The van der Waals surface area contributed by atoms with Gasteiger partial charge in [-0.05, 0) is 44.4 Å². The molecule has 31 heteroatoms. The van der Waals surface area contributed by atoms with E-state index in [9.17, 15) is 56.4 Å². The number of hydrogen-bond acceptors (Lipinski definition) is 19. The molecule has 0 spiro atoms. The van der Waals surface area contributed by atoms with E-state index in [0.29, 0.717) is 24.6 Å². The first kappa shape index (κ1) is 52.9. The van der Waals surface area contributed by atoms with Crippen molar-refractivity contribution in [3.63, 3.8) is 0 Å². The predicted molar refractivity (Wildman–Crippen MR) is 232 cm³/mol. The number of nitro benzene ring substituents is 1. The maximum absolute atomic E-state index is 13.2. The summed E-state index contributed by atoms with van der Waals surface area (Å²) in [5.41, 5.74) is -1.57. The lowest BCUT2D eigenvalue weighted by atomic mass is 10.1. The highest BCUT2D eigenvalue weighted by atomic mass is 32.2. The molecule has 0 amide bonds. The second kappa shape index (κ2) is 21.9. The second-order valence-corrected chi connectivity index (χ2v) is 20.8. The molecule has 1 aromatic heterocycles. The lowest BCUT2D eigenvalue weighted by Gasteiger charge is -2.21. The molecule has 2 heterocycles. The molecule has 368 valence electrons. The van der Waals surface area contributed by atoms with Crippen LogP contribution in [0.15, 0.2) is 69.2 Å². The minimum atomic E-state index is -5.91. The number of aromatic nitrogens is 2. The van der Waals surface area contributed by atoms with Crippen LogP contribution < -0.4 is 30.3 Å². The predicted octanol–water partition coefficient (Wildman–Crippen LogP) is 3.86. The van der Waals surface area contributed by atoms with Crippen LogP contribution in [0.4, 0.5) is 16.2 Å². The van der Waals surface area contributed by atoms with Gasteiger partial charge >= 0.3 is 35.3 Å². The van der Waals surface area contributed by atoms with Gasteiger partial charge < -0.3 is 48.2 Å². The SMILES string of the molecule is COc1cc(COC(=O)O[C@H]2C[C@H](n3cc(C)c(=O)[nH]c3=O)O[C@@H]2COP(=O)(O)OP(=O)(O)OP(=O)(O)O)c([N+](=O)[O-])cc1OCCCCCNS(=O)(=O)c1cccc2c(N(C)C)cccc12. The molecule has 6 N–H and O–H groups in total. The van der Waals surface area contributed by atoms with E-state index >= 15 is 0 Å². The highest BCUT2D eigenvalue weighted by molar-refractivity contribution is 7.89. The Balaban J connectivity index is 1.18. The van der Waals surface area contributed by atoms with Gasteiger partial charge in [0.1, 0.15) is 25.0 Å². The number of methoxy groups -OCH3 is 1. The van der Waals surface area contributed by atoms with Crippen molar-refractivity contribution in [2.24, 2.45) is 0 Å². The van der Waals surface area contributed by atoms with E-state index in [1.807, 2.05) is 36.1 Å². The van der Waals surface area contributed by atoms with Gasteiger partial charge in [0.05, 0.1) is 41.8 Å². The van der Waals surface area contributed by atoms with Crippen molar-refractivity contribution in [2.45, 2.75) is 62.5 Å². The van der Waals surface area contributed by atoms with E-state index < -0.39 is 99.6 Å². The zero-order valence-corrected chi connectivity index (χ0v) is 39.3. The topological polar surface area (TPSA) is 370 Å². The Labute approximate surface area is 380 Å². The molecular formula is C36H46N5O22P3S. The van der Waals surface area contributed by atoms with Crippen molar-refractivity contribution in [3.8, 4) is 11.5 Å². The van der Waals surface area contributed by atoms with Crippen LogP contribution in [0.1, 0.15) is 43.0 Å². The number of nitro groups is 1. The summed E-state index contributed by atoms with van der Waals surface area (Å²) < 4.78 is 104. The Morgan fingerprint density at radius 2 is 1.70 bits per heavy atom. The fourth-order valence-corrected chi connectivity index (χ4v) is 10.9. The zero-order valence-electron chi connectivity index (χ0n) is 35.8. The Morgan fingerprint density at radius 3 is 2.37 bits per heavy atom. The number of sulfonamides is 1. The number of nitrogens with one attached hydrogen (secondary N) is 2. The zero-order chi connectivity index (χ0) is 49.5. The number of rotatable bonds is 23. The van der Waals surface area contributed by atoms with E-state index in [1.165, 1.54) is 26.2 Å². The Bertz CT molecular complexity index is 2850. The van der Waals surface area contributed by atoms with Crippen molar-refractivity contribution in [2.75, 3.05) is 45.9 Å². The first-order chi connectivity index (χ1) is 31.3. The number of fused-ring (bicyclic) bond motifs is 1. The van der Waals surface area contributed by atoms with E-state index in [-0.39, 0.29) is 40.7 Å². The van der Waals surface area contributed by atoms with Gasteiger partial charge in [-0.1, -0.05) is 24.3 Å². The third-order valence-electron chi connectivity index (χ3n) is 9.61. The van der Waals surface area contributed by atoms with Gasteiger partial charge in [-0.25, -0.2) is 36.4 Å². The normalized spacial score (nSPS) is 18.2. The third kappa shape index (κ3) is 14.5. The summed E-state index contributed by atoms with van der Waals surface area (Å²) in [6.45, 7) is -0.384. The van der Waals surface area contributed by atoms with Crippen LogP contribution in [0.5, 0.6) is 11.5 Å². The highest BCUT2D eigenvalue weighted by Gasteiger charge is 2.44. The standard InChI is InChI=1S/C36H46N5O22P3S/c1-22-19-40(35(43)38-34(22)42)33-18-30(31(60-33)21-59-65(50,51)63-66(52,53)62-64(47,48)49)61-36(44)58-20-23-16-28(56-4)29(17-27(23)41(45)46)57-15-7-5-6-14-37-67(54,55)32-13-9-10-24-25(32)11-8-12-26(24)39(2)3/h8-13,16-17,19,30-31,33,37H,5-7,14-15,18,20-21H2,1-4H3,(H,50,51)(H,52,53)(H,38,42,43)(H2,47,48,49)/t30-,31+,33+/m0/s1. The maximum atomic E-state index is 13.2. The molecule has 0 radical (unpaired) electrons. The van der Waals surface area contributed by atoms with Crippen LogP contribution in [0.25, 0.3) is 10.8 Å². The molecule has 1 aliphatic rings. The van der Waals surface area contributed by atoms with Gasteiger partial charge in [0, 0.05) is 55.3 Å². The van der Waals surface area contributed by atoms with E-state index in [0.717, 1.165) is 27.9 Å². The number of aromatic amines is 1. The molecule has 1 saturated heterocycles. The van der Waals surface area contributed by atoms with E-state index in [4.69, 9.17) is 33.5 Å². The van der Waals surface area contributed by atoms with Crippen molar-refractivity contribution < 1.29 is 88.2 Å². The minimum Gasteiger partial charge on any atom is -0.493 e. The number of anilines is 1. The van der Waals surface area contributed by atoms with Gasteiger partial charge in [0.15, 0.2) is 11.5 Å². The number of phosphoric acid groups is 3. The number of aryl methyl sites for hydroxylation is 1. The van der Waals surface area contributed by atoms with Crippen molar-refractivity contribution in [3.05, 3.63) is 96.8 Å². The molecule has 2 unspecified atom stereocenters. The summed E-state index contributed by atoms with van der Waals surface area (Å²) in [6, 6.07) is 12.7. The van der Waals surface area contributed by atoms with Gasteiger partial charge in [0.25, 0.3) is 11.2 Å². The third-order valence-corrected chi connectivity index (χ3v) is 14.9. The first-order valence-corrected chi connectivity index (χ1v) is 25.6. The van der Waals surface area contributed by atoms with Crippen molar-refractivity contribution >= 4 is 61.8 Å². The fraction of sp³-hybridized carbons (Fsp3) is 0.417. The quantitative estimate of drug-likeness (QED) is 0.0202. The fourth-order valence-electron chi connectivity index (χ4n) is 6.62. The average molecular weight is 1030 g/mol. The van der Waals surface area contributed by atoms with Crippen molar-refractivity contribution in [1.82, 2.24) is 14.3 Å². The van der Waals surface area contributed by atoms with Gasteiger partial charge in [0.2, 0.25) is 10.0 Å². The lowest BCUT2D eigenvalue weighted by molar-refractivity contribution is -0.385. The molecule has 3 aromatic carbocycles. The molecule has 67 heavy (non-hydrogen) atoms. The molecule has 1 fully saturated rings. The minimum absolute atomic E-state index is 0.0120. The van der Waals surface area contributed by atoms with Gasteiger partial charge in [-0.3, -0.25) is 29.0 Å². The number of nitrogens with zero attached hydrogens (tertiary/aromatic N) is 3. The average Bonchev–Trinajstić information content (AvgIpc) is 3.62. The summed E-state index contributed by atoms with van der Waals surface area (Å²) >= 11 is 0. The number of benzene rings is 3. The number of carbonyl (C=O) groups is 1. The van der Waals surface area contributed by atoms with Crippen molar-refractivity contribution in [1.29, 1.82) is 0 Å². The first-order valence-electron chi connectivity index (χ1n) is 19.6. The Kier molecular flexibility index (Phi) is 17.3. The lowest BCUT2D eigenvalue weighted by Crippen LogP contribution is -2.33. The van der Waals surface area contributed by atoms with Crippen LogP contribution in [0.3, 0.4) is 0 Å². The van der Waals surface area contributed by atoms with Crippen LogP contribution in [0.2, 0.25) is 0 Å². The number of phosphoric ester groups is 1. The molecular weight excluding hydrogens is 979 g/mol. The number of H-pyrrole nitrogens is 1. The second-order valence-electron chi connectivity index (χ2n) is 14.6. The summed E-state index contributed by atoms with van der Waals surface area (Å²) in [5.74, 6) is -0.0204. The number of hydrogen-bond donors (Lipinski definition) is 6. The van der Waals surface area contributed by atoms with E-state index in [1.54, 1.807) is 18.2 Å². The largest absolute Gasteiger partial charge is 0.508 e. The molecule has 5 atom stereocenters. The molecule has 5 rings (SSSR count). The highest BCUT2D eigenvalue weighted by Crippen LogP contribution is 2.66. The molecule has 4 aromatic rings. The molecule has 27 nitrogen and oxygen atoms in total. The van der Waals surface area contributed by atoms with Crippen LogP contribution in [0, 0.1) is 17.0 Å². The summed E-state index contributed by atoms with van der Waals surface area (Å²) in [4.78, 5) is 89.9. The Morgan fingerprint density at radius 1 is 1.00 bits per heavy atom. The summed E-state index contributed by atoms with van der Waals surface area (Å²) in [5, 5.41) is 13.5. The van der Waals surface area contributed by atoms with Gasteiger partial charge in [-0.15, -0.1) is 0 Å². The monoisotopic (exact) mass is 1030 g/mol. The smallest absolute Gasteiger partial charge is 0.493 e. The molecule has 0 aliphatic carbocycles. The Hall–Kier alpha value is -5.05. The number of carbonyl (C=O) groups excluding carboxylic acids is 1. The molecule has 0 bridgehead atoms. The van der Waals surface area contributed by atoms with Crippen LogP contribution >= 0.6 is 23.5 Å². The number of ether oxygens (including phenoxy) is 5. The molecule has 1 aliphatic heterocycles. The molecule has 0 saturated carbocycles. The van der Waals surface area contributed by atoms with Gasteiger partial charge in [-0.2, -0.15) is 8.62 Å². The number of unbranched alkanes of at least 4 members (excludes halogenated alkanes) is 2. The van der Waals surface area contributed by atoms with E-state index in [2.05, 4.69) is 17.9 Å². The summed E-state index contributed by atoms with van der Waals surface area (Å²) in [7, 11) is -16.2.